The van der Waals surface area contributed by atoms with Crippen molar-refractivity contribution in [3.8, 4) is 0 Å². The Kier molecular flexibility index (Phi) is 4.09. The molecule has 0 aliphatic carbocycles. The summed E-state index contributed by atoms with van der Waals surface area (Å²) in [6.45, 7) is 0. The van der Waals surface area contributed by atoms with E-state index in [1.54, 1.807) is 0 Å². The molecule has 0 saturated carbocycles. The van der Waals surface area contributed by atoms with Gasteiger partial charge in [0.15, 0.2) is 0 Å². The van der Waals surface area contributed by atoms with Crippen LogP contribution in [0.25, 0.3) is 0 Å². The second-order valence-corrected chi connectivity index (χ2v) is 3.72. The Hall–Kier alpha value is -3.43. The fourth-order valence-corrected chi connectivity index (χ4v) is 1.42. The number of nitrogens with zero attached hydrogens (tertiary/aromatic N) is 5. The lowest BCUT2D eigenvalue weighted by atomic mass is 10.2. The smallest absolute Gasteiger partial charge is 0.272 e. The zero-order valence-corrected chi connectivity index (χ0v) is 10.4. The van der Waals surface area contributed by atoms with Gasteiger partial charge in [-0.25, -0.2) is 0 Å². The zero-order chi connectivity index (χ0) is 15.2. The fraction of sp³-hybridized carbons (Fsp3) is 0. The average molecular weight is 288 g/mol. The monoisotopic (exact) mass is 288 g/mol. The summed E-state index contributed by atoms with van der Waals surface area (Å²) < 4.78 is 0. The summed E-state index contributed by atoms with van der Waals surface area (Å²) in [7, 11) is 0. The summed E-state index contributed by atoms with van der Waals surface area (Å²) in [4.78, 5) is 27.8. The van der Waals surface area contributed by atoms with Crippen molar-refractivity contribution in [3.63, 3.8) is 0 Å². The van der Waals surface area contributed by atoms with Gasteiger partial charge in [-0.2, -0.15) is 5.10 Å². The molecular formula is C11H8N6O4. The minimum Gasteiger partial charge on any atom is -0.272 e. The van der Waals surface area contributed by atoms with Crippen LogP contribution in [0.2, 0.25) is 0 Å². The maximum absolute atomic E-state index is 10.9. The van der Waals surface area contributed by atoms with Crippen molar-refractivity contribution in [2.45, 2.75) is 0 Å². The molecule has 0 unspecified atom stereocenters. The molecule has 0 fully saturated rings. The van der Waals surface area contributed by atoms with Gasteiger partial charge >= 0.3 is 5.69 Å². The third-order valence-electron chi connectivity index (χ3n) is 2.35. The van der Waals surface area contributed by atoms with Crippen molar-refractivity contribution in [2.75, 3.05) is 5.43 Å². The van der Waals surface area contributed by atoms with Crippen LogP contribution < -0.4 is 5.43 Å². The average Bonchev–Trinajstić information content (AvgIpc) is 2.48. The lowest BCUT2D eigenvalue weighted by Crippen LogP contribution is -1.99. The van der Waals surface area contributed by atoms with Crippen molar-refractivity contribution < 1.29 is 9.85 Å². The van der Waals surface area contributed by atoms with Gasteiger partial charge in [0, 0.05) is 18.5 Å². The number of anilines is 1. The SMILES string of the molecule is O=[N+]([O-])c1ccc(NN=Cc2cnccn2)c([N+](=O)[O-])c1. The Labute approximate surface area is 117 Å². The van der Waals surface area contributed by atoms with E-state index in [2.05, 4.69) is 20.5 Å². The quantitative estimate of drug-likeness (QED) is 0.502. The van der Waals surface area contributed by atoms with Gasteiger partial charge < -0.3 is 0 Å². The van der Waals surface area contributed by atoms with Gasteiger partial charge in [-0.15, -0.1) is 0 Å². The summed E-state index contributed by atoms with van der Waals surface area (Å²) in [5.74, 6) is 0. The van der Waals surface area contributed by atoms with E-state index in [0.717, 1.165) is 12.1 Å². The van der Waals surface area contributed by atoms with Crippen LogP contribution in [0.15, 0.2) is 41.9 Å². The third kappa shape index (κ3) is 3.53. The van der Waals surface area contributed by atoms with Crippen LogP contribution in [-0.4, -0.2) is 26.0 Å². The molecule has 10 nitrogen and oxygen atoms in total. The van der Waals surface area contributed by atoms with Gasteiger partial charge in [-0.1, -0.05) is 0 Å². The summed E-state index contributed by atoms with van der Waals surface area (Å²) in [6, 6.07) is 3.22. The minimum absolute atomic E-state index is 0.0331. The molecule has 10 heteroatoms. The second kappa shape index (κ2) is 6.14. The van der Waals surface area contributed by atoms with Crippen molar-refractivity contribution >= 4 is 23.3 Å². The van der Waals surface area contributed by atoms with E-state index < -0.39 is 15.5 Å². The van der Waals surface area contributed by atoms with Gasteiger partial charge in [0.25, 0.3) is 5.69 Å². The first-order chi connectivity index (χ1) is 10.1. The molecule has 21 heavy (non-hydrogen) atoms. The summed E-state index contributed by atoms with van der Waals surface area (Å²) in [5, 5.41) is 25.3. The van der Waals surface area contributed by atoms with E-state index in [0.29, 0.717) is 5.69 Å². The maximum Gasteiger partial charge on any atom is 0.301 e. The molecule has 2 aromatic rings. The molecule has 0 atom stereocenters. The molecule has 2 rings (SSSR count). The predicted octanol–water partition coefficient (Wildman–Crippen LogP) is 1.74. The number of nitro benzene ring substituents is 2. The number of nitrogens with one attached hydrogen (secondary N) is 1. The Bertz CT molecular complexity index is 703. The molecule has 0 spiro atoms. The van der Waals surface area contributed by atoms with Crippen LogP contribution in [0.1, 0.15) is 5.69 Å². The standard InChI is InChI=1S/C11H8N6O4/c18-16(19)9-1-2-10(11(5-9)17(20)21)15-14-7-8-6-12-3-4-13-8/h1-7,15H. The van der Waals surface area contributed by atoms with Crippen molar-refractivity contribution in [2.24, 2.45) is 5.10 Å². The number of hydrogen-bond acceptors (Lipinski definition) is 8. The Morgan fingerprint density at radius 2 is 2.00 bits per heavy atom. The topological polar surface area (TPSA) is 136 Å². The Morgan fingerprint density at radius 3 is 2.62 bits per heavy atom. The predicted molar refractivity (Wildman–Crippen MR) is 73.0 cm³/mol. The number of rotatable bonds is 5. The van der Waals surface area contributed by atoms with Gasteiger partial charge in [0.05, 0.1) is 28.3 Å². The highest BCUT2D eigenvalue weighted by Crippen LogP contribution is 2.28. The van der Waals surface area contributed by atoms with Crippen LogP contribution in [0.4, 0.5) is 17.1 Å². The molecule has 0 radical (unpaired) electrons. The van der Waals surface area contributed by atoms with E-state index in [9.17, 15) is 20.2 Å². The first-order valence-corrected chi connectivity index (χ1v) is 5.56. The van der Waals surface area contributed by atoms with Crippen molar-refractivity contribution in [3.05, 3.63) is 62.7 Å². The second-order valence-electron chi connectivity index (χ2n) is 3.72. The first kappa shape index (κ1) is 14.0. The van der Waals surface area contributed by atoms with E-state index >= 15 is 0 Å². The molecule has 0 aliphatic rings. The van der Waals surface area contributed by atoms with Crippen molar-refractivity contribution in [1.82, 2.24) is 9.97 Å². The highest BCUT2D eigenvalue weighted by atomic mass is 16.6. The number of benzene rings is 1. The molecule has 0 saturated heterocycles. The Balaban J connectivity index is 2.22. The summed E-state index contributed by atoms with van der Waals surface area (Å²) in [5.41, 5.74) is 2.12. The molecule has 0 bridgehead atoms. The number of aromatic nitrogens is 2. The normalized spacial score (nSPS) is 10.5. The van der Waals surface area contributed by atoms with E-state index in [-0.39, 0.29) is 11.4 Å². The largest absolute Gasteiger partial charge is 0.301 e. The fourth-order valence-electron chi connectivity index (χ4n) is 1.42. The molecule has 1 N–H and O–H groups in total. The highest BCUT2D eigenvalue weighted by Gasteiger charge is 2.18. The van der Waals surface area contributed by atoms with Crippen LogP contribution in [-0.2, 0) is 0 Å². The molecule has 0 amide bonds. The number of nitro groups is 2. The maximum atomic E-state index is 10.9. The number of hydrazone groups is 1. The molecule has 1 aromatic carbocycles. The van der Waals surface area contributed by atoms with Gasteiger partial charge in [0.2, 0.25) is 0 Å². The zero-order valence-electron chi connectivity index (χ0n) is 10.4. The van der Waals surface area contributed by atoms with Gasteiger partial charge in [0.1, 0.15) is 11.4 Å². The van der Waals surface area contributed by atoms with Crippen molar-refractivity contribution in [1.29, 1.82) is 0 Å². The van der Waals surface area contributed by atoms with Crippen LogP contribution in [0.5, 0.6) is 0 Å². The van der Waals surface area contributed by atoms with Crippen LogP contribution >= 0.6 is 0 Å². The summed E-state index contributed by atoms with van der Waals surface area (Å²) >= 11 is 0. The van der Waals surface area contributed by atoms with Crippen LogP contribution in [0, 0.1) is 20.2 Å². The lowest BCUT2D eigenvalue weighted by Gasteiger charge is -2.01. The first-order valence-electron chi connectivity index (χ1n) is 5.56. The van der Waals surface area contributed by atoms with Gasteiger partial charge in [-0.05, 0) is 6.07 Å². The summed E-state index contributed by atoms with van der Waals surface area (Å²) in [6.07, 6.45) is 5.73. The van der Waals surface area contributed by atoms with E-state index in [1.807, 2.05) is 0 Å². The molecule has 0 aliphatic heterocycles. The Morgan fingerprint density at radius 1 is 1.19 bits per heavy atom. The number of non-ortho nitro benzene ring substituents is 1. The van der Waals surface area contributed by atoms with E-state index in [4.69, 9.17) is 0 Å². The minimum atomic E-state index is -0.729. The van der Waals surface area contributed by atoms with Gasteiger partial charge in [-0.3, -0.25) is 35.6 Å². The molecular weight excluding hydrogens is 280 g/mol. The lowest BCUT2D eigenvalue weighted by molar-refractivity contribution is -0.393. The molecule has 1 aromatic heterocycles. The van der Waals surface area contributed by atoms with Crippen LogP contribution in [0.3, 0.4) is 0 Å². The third-order valence-corrected chi connectivity index (χ3v) is 2.35. The molecule has 1 heterocycles. The van der Waals surface area contributed by atoms with E-state index in [1.165, 1.54) is 30.9 Å². The highest BCUT2D eigenvalue weighted by molar-refractivity contribution is 5.77. The number of hydrogen-bond donors (Lipinski definition) is 1. The molecule has 106 valence electrons.